The van der Waals surface area contributed by atoms with Gasteiger partial charge < -0.3 is 64.9 Å². The molecule has 5 fully saturated rings. The van der Waals surface area contributed by atoms with Crippen LogP contribution in [0.2, 0.25) is 0 Å². The number of amides is 8. The summed E-state index contributed by atoms with van der Waals surface area (Å²) < 4.78 is 53.1. The van der Waals surface area contributed by atoms with Gasteiger partial charge in [0, 0.05) is 167 Å². The average Bonchev–Trinajstić information content (AvgIpc) is 1.58. The number of piperidine rings is 4. The zero-order valence-electron chi connectivity index (χ0n) is 89.2. The van der Waals surface area contributed by atoms with Gasteiger partial charge in [-0.15, -0.1) is 12.4 Å². The van der Waals surface area contributed by atoms with Gasteiger partial charge in [-0.25, -0.2) is 28.0 Å². The van der Waals surface area contributed by atoms with Gasteiger partial charge in [0.25, 0.3) is 0 Å². The van der Waals surface area contributed by atoms with Gasteiger partial charge in [-0.1, -0.05) is 48.0 Å². The molecule has 0 bridgehead atoms. The van der Waals surface area contributed by atoms with E-state index in [0.29, 0.717) is 65.4 Å². The molecule has 23 nitrogen and oxygen atoms in total. The third-order valence-corrected chi connectivity index (χ3v) is 33.8. The van der Waals surface area contributed by atoms with Crippen molar-refractivity contribution >= 4 is 134 Å². The number of carbonyl (C=O) groups is 9. The molecule has 8 amide bonds. The molecule has 2 unspecified atom stereocenters. The molecule has 14 rings (SSSR count). The van der Waals surface area contributed by atoms with Crippen molar-refractivity contribution in [2.75, 3.05) is 65.4 Å². The number of ether oxygens (including phenoxy) is 4. The van der Waals surface area contributed by atoms with E-state index in [-0.39, 0.29) is 139 Å². The third-order valence-electron chi connectivity index (χ3n) is 30.3. The summed E-state index contributed by atoms with van der Waals surface area (Å²) in [6.45, 7) is 67.3. The maximum Gasteiger partial charge on any atom is 0.410 e. The van der Waals surface area contributed by atoms with Crippen LogP contribution in [-0.2, 0) is 64.6 Å². The Labute approximate surface area is 880 Å². The Morgan fingerprint density at radius 3 is 0.850 bits per heavy atom. The normalized spacial score (nSPS) is 21.2. The predicted octanol–water partition coefficient (Wildman–Crippen LogP) is 23.8. The number of carbonyl (C=O) groups excluding carboxylic acids is 8. The lowest BCUT2D eigenvalue weighted by Gasteiger charge is -2.41. The summed E-state index contributed by atoms with van der Waals surface area (Å²) in [4.78, 5) is 118. The molecule has 5 aliphatic heterocycles. The van der Waals surface area contributed by atoms with Gasteiger partial charge in [-0.05, 0) is 444 Å². The number of nitrogens with one attached hydrogen (secondary N) is 4. The Morgan fingerprint density at radius 2 is 0.614 bits per heavy atom. The third kappa shape index (κ3) is 28.0. The molecule has 5 saturated heterocycles. The van der Waals surface area contributed by atoms with Crippen molar-refractivity contribution in [3.63, 3.8) is 0 Å². The Kier molecular flexibility index (Phi) is 36.5. The molecule has 29 heteroatoms. The number of hydrogen-bond acceptors (Lipinski definition) is 14. The van der Waals surface area contributed by atoms with E-state index >= 15 is 0 Å². The smallest absolute Gasteiger partial charge is 0.410 e. The SMILES string of the molecule is CC(=O)NC(C)(C)C1CC2(CCN(C(=O)OC(C)(C)C)CC2)c2ccc(C)cc21.CC(=O)NC(C)(C)[C@@H]1CC2(CCN(C(=O)OC(C)(C)C)CC2)c2cc(I)c(C)cc21.CC(=O)NC(C)(C)[C@H]1CC2(CCN(C(=O)OC(C)(C)C)CC2)c2cc(I)c(C)cc21.CC(=O)NC(C)(C)[C@H]1CC2(CCN(C(=O)OC(C)(C)C)CC2)c2cc(I)c(C)cc21.CC(C)(C)N1CC(C(=O)O)[C@H](c2ccc(F)cc2F)C1.Cl. The number of nitrogens with zero attached hydrogens (tertiary/aromatic N) is 5. The van der Waals surface area contributed by atoms with Crippen LogP contribution in [0.1, 0.15) is 366 Å². The molecule has 5 aromatic carbocycles. The summed E-state index contributed by atoms with van der Waals surface area (Å²) in [7, 11) is 0. The Morgan fingerprint density at radius 1 is 0.357 bits per heavy atom. The fourth-order valence-corrected chi connectivity index (χ4v) is 24.8. The second-order valence-electron chi connectivity index (χ2n) is 48.6. The van der Waals surface area contributed by atoms with E-state index in [1.807, 2.05) is 128 Å². The molecule has 4 aliphatic carbocycles. The van der Waals surface area contributed by atoms with E-state index in [1.54, 1.807) is 27.7 Å². The Bertz CT molecular complexity index is 5060. The first-order valence-electron chi connectivity index (χ1n) is 49.8. The van der Waals surface area contributed by atoms with Gasteiger partial charge in [0.2, 0.25) is 23.6 Å². The molecule has 5 N–H and O–H groups in total. The number of carboxylic acid groups (broad SMARTS) is 1. The van der Waals surface area contributed by atoms with Crippen LogP contribution in [0.15, 0.2) is 72.8 Å². The van der Waals surface area contributed by atoms with Gasteiger partial charge in [-0.2, -0.15) is 0 Å². The minimum Gasteiger partial charge on any atom is -0.481 e. The van der Waals surface area contributed by atoms with Crippen LogP contribution < -0.4 is 21.3 Å². The average molecular weight is 2300 g/mol. The fraction of sp³-hybridized carbons (Fsp3) is 0.649. The van der Waals surface area contributed by atoms with E-state index < -0.39 is 51.8 Å². The van der Waals surface area contributed by atoms with Crippen molar-refractivity contribution in [3.05, 3.63) is 167 Å². The number of benzene rings is 5. The Hall–Kier alpha value is -7.17. The first-order chi connectivity index (χ1) is 63.7. The minimum atomic E-state index is -0.939. The lowest BCUT2D eigenvalue weighted by Crippen LogP contribution is -2.48. The fourth-order valence-electron chi connectivity index (χ4n) is 23.4. The minimum absolute atomic E-state index is 0. The van der Waals surface area contributed by atoms with Crippen LogP contribution in [0.3, 0.4) is 0 Å². The van der Waals surface area contributed by atoms with Gasteiger partial charge in [0.15, 0.2) is 0 Å². The van der Waals surface area contributed by atoms with E-state index in [4.69, 9.17) is 18.9 Å². The number of hydrogen-bond donors (Lipinski definition) is 5. The van der Waals surface area contributed by atoms with Crippen molar-refractivity contribution < 1.29 is 76.0 Å². The summed E-state index contributed by atoms with van der Waals surface area (Å²) >= 11 is 7.26. The van der Waals surface area contributed by atoms with Crippen LogP contribution in [0.4, 0.5) is 28.0 Å². The molecule has 5 heterocycles. The van der Waals surface area contributed by atoms with Gasteiger partial charge in [0.05, 0.1) is 5.92 Å². The molecule has 0 saturated carbocycles. The van der Waals surface area contributed by atoms with E-state index in [9.17, 15) is 57.0 Å². The summed E-state index contributed by atoms with van der Waals surface area (Å²) in [5, 5.41) is 22.1. The maximum atomic E-state index is 13.9. The van der Waals surface area contributed by atoms with Crippen molar-refractivity contribution in [2.45, 2.75) is 393 Å². The summed E-state index contributed by atoms with van der Waals surface area (Å²) in [5.74, 6) is -2.36. The molecule has 0 aromatic heterocycles. The topological polar surface area (TPSA) is 275 Å². The van der Waals surface area contributed by atoms with E-state index in [0.717, 1.165) is 83.1 Å². The van der Waals surface area contributed by atoms with Crippen molar-refractivity contribution in [3.8, 4) is 0 Å². The number of likely N-dealkylation sites (tertiary alicyclic amines) is 5. The molecule has 5 aromatic rings. The molecule has 140 heavy (non-hydrogen) atoms. The van der Waals surface area contributed by atoms with E-state index in [1.165, 1.54) is 89.6 Å². The highest BCUT2D eigenvalue weighted by molar-refractivity contribution is 14.1. The number of aliphatic carboxylic acids is 1. The van der Waals surface area contributed by atoms with Crippen molar-refractivity contribution in [1.82, 2.24) is 45.8 Å². The summed E-state index contributed by atoms with van der Waals surface area (Å²) in [6, 6.07) is 24.1. The molecular formula is C111H161ClF2I3N9O14. The second-order valence-corrected chi connectivity index (χ2v) is 52.1. The highest BCUT2D eigenvalue weighted by Crippen LogP contribution is 2.61. The number of fused-ring (bicyclic) bond motifs is 8. The number of rotatable bonds is 10. The number of aryl methyl sites for hydroxylation is 4. The van der Waals surface area contributed by atoms with Gasteiger partial charge in [-0.3, -0.25) is 28.9 Å². The second kappa shape index (κ2) is 43.9. The first kappa shape index (κ1) is 116. The quantitative estimate of drug-likeness (QED) is 0.0642. The van der Waals surface area contributed by atoms with E-state index in [2.05, 4.69) is 227 Å². The van der Waals surface area contributed by atoms with Crippen LogP contribution in [0.5, 0.6) is 0 Å². The molecular weight excluding hydrogens is 2140 g/mol. The van der Waals surface area contributed by atoms with Crippen LogP contribution in [0.25, 0.3) is 0 Å². The summed E-state index contributed by atoms with van der Waals surface area (Å²) in [5.41, 5.74) is 13.2. The number of halogens is 6. The molecule has 4 spiro atoms. The highest BCUT2D eigenvalue weighted by Gasteiger charge is 2.57. The maximum absolute atomic E-state index is 13.9. The van der Waals surface area contributed by atoms with Crippen molar-refractivity contribution in [1.29, 1.82) is 0 Å². The van der Waals surface area contributed by atoms with Crippen LogP contribution >= 0.6 is 80.2 Å². The van der Waals surface area contributed by atoms with Crippen LogP contribution in [-0.4, -0.2) is 199 Å². The number of carboxylic acids is 1. The standard InChI is InChI=1S/3C24H35IN2O3.C24H36N2O3.C15H19F2NO2.ClH/c3*1-15-12-17-18(13-20(15)25)24(14-19(17)23(6,7)26-16(2)28)8-10-27(11-9-24)21(29)30-22(3,4)5;1-16-8-9-19-18(14-16)20(23(6,7)25-17(2)27)15-24(19)10-12-26(13-11-24)21(28)29-22(3,4)5;1-15(2,3)18-7-11(12(8-18)14(19)20)10-5-4-9(16)6-13(10)17;/h3*12-13,19H,8-11,14H2,1-7H3,(H,26,28);8-9,14,20H,10-13,15H2,1-7H3,(H,25,27);4-6,11-12H,7-8H2,1-3H3,(H,19,20);1H/t3*19-;;11-,12?;/m100.0./s1. The monoisotopic (exact) mass is 2300 g/mol. The molecule has 9 aliphatic rings. The zero-order valence-corrected chi connectivity index (χ0v) is 96.5. The van der Waals surface area contributed by atoms with Gasteiger partial charge >= 0.3 is 30.3 Å². The van der Waals surface area contributed by atoms with Crippen molar-refractivity contribution in [2.24, 2.45) is 5.92 Å². The molecule has 776 valence electrons. The predicted molar refractivity (Wildman–Crippen MR) is 578 cm³/mol. The molecule has 0 radical (unpaired) electrons. The Balaban J connectivity index is 0.000000196. The lowest BCUT2D eigenvalue weighted by atomic mass is 9.72. The molecule has 6 atom stereocenters. The summed E-state index contributed by atoms with van der Waals surface area (Å²) in [6.07, 6.45) is 10.5. The largest absolute Gasteiger partial charge is 0.481 e. The van der Waals surface area contributed by atoms with Crippen LogP contribution in [0, 0.1) is 56.0 Å². The van der Waals surface area contributed by atoms with Gasteiger partial charge in [0.1, 0.15) is 34.0 Å². The first-order valence-corrected chi connectivity index (χ1v) is 53.0. The highest BCUT2D eigenvalue weighted by atomic mass is 127. The lowest BCUT2D eigenvalue weighted by molar-refractivity contribution is -0.142. The zero-order chi connectivity index (χ0) is 104.